The summed E-state index contributed by atoms with van der Waals surface area (Å²) in [6, 6.07) is 5.10. The van der Waals surface area contributed by atoms with E-state index in [1.807, 2.05) is 0 Å². The number of ether oxygens (including phenoxy) is 2. The molecule has 0 radical (unpaired) electrons. The normalized spacial score (nSPS) is 10.8. The number of nitrogens with zero attached hydrogens (tertiary/aromatic N) is 1. The van der Waals surface area contributed by atoms with Crippen molar-refractivity contribution < 1.29 is 13.9 Å². The van der Waals surface area contributed by atoms with Crippen LogP contribution >= 0.6 is 0 Å². The molecule has 0 atom stereocenters. The molecule has 1 heterocycles. The van der Waals surface area contributed by atoms with Gasteiger partial charge < -0.3 is 13.9 Å². The summed E-state index contributed by atoms with van der Waals surface area (Å²) < 4.78 is 15.6. The summed E-state index contributed by atoms with van der Waals surface area (Å²) in [4.78, 5) is 16.1. The van der Waals surface area contributed by atoms with Crippen molar-refractivity contribution in [1.82, 2.24) is 4.98 Å². The van der Waals surface area contributed by atoms with Crippen LogP contribution < -0.4 is 15.1 Å². The van der Waals surface area contributed by atoms with Crippen molar-refractivity contribution in [3.05, 3.63) is 28.6 Å². The Kier molecular flexibility index (Phi) is 6.25. The zero-order chi connectivity index (χ0) is 15.8. The van der Waals surface area contributed by atoms with Crippen molar-refractivity contribution in [2.24, 2.45) is 0 Å². The Bertz CT molecular complexity index is 651. The largest absolute Gasteiger partial charge is 0.497 e. The van der Waals surface area contributed by atoms with Crippen LogP contribution in [-0.4, -0.2) is 18.7 Å². The number of unbranched alkanes of at least 4 members (excludes halogenated alkanes) is 5. The minimum atomic E-state index is -0.457. The third-order valence-electron chi connectivity index (χ3n) is 3.54. The molecule has 0 amide bonds. The van der Waals surface area contributed by atoms with Crippen molar-refractivity contribution in [3.8, 4) is 11.8 Å². The summed E-state index contributed by atoms with van der Waals surface area (Å²) in [5.74, 6) is 0.599. The Morgan fingerprint density at radius 3 is 2.68 bits per heavy atom. The predicted octanol–water partition coefficient (Wildman–Crippen LogP) is 3.94. The van der Waals surface area contributed by atoms with Gasteiger partial charge in [-0.3, -0.25) is 0 Å². The molecule has 22 heavy (non-hydrogen) atoms. The molecule has 0 fully saturated rings. The van der Waals surface area contributed by atoms with Gasteiger partial charge in [0.1, 0.15) is 5.75 Å². The molecular weight excluding hydrogens is 282 g/mol. The highest BCUT2D eigenvalue weighted by molar-refractivity contribution is 5.78. The molecule has 1 aromatic carbocycles. The molecule has 5 nitrogen and oxygen atoms in total. The van der Waals surface area contributed by atoms with Crippen molar-refractivity contribution in [1.29, 1.82) is 0 Å². The number of hydrogen-bond acceptors (Lipinski definition) is 5. The molecular formula is C17H23NO4. The van der Waals surface area contributed by atoms with E-state index in [2.05, 4.69) is 11.9 Å². The maximum atomic E-state index is 11.9. The van der Waals surface area contributed by atoms with Crippen LogP contribution in [0.25, 0.3) is 10.9 Å². The van der Waals surface area contributed by atoms with Crippen LogP contribution in [0.4, 0.5) is 0 Å². The van der Waals surface area contributed by atoms with E-state index in [1.165, 1.54) is 25.7 Å². The van der Waals surface area contributed by atoms with Gasteiger partial charge in [-0.1, -0.05) is 39.0 Å². The summed E-state index contributed by atoms with van der Waals surface area (Å²) in [6.45, 7) is 2.72. The van der Waals surface area contributed by atoms with Gasteiger partial charge in [-0.2, -0.15) is 4.98 Å². The van der Waals surface area contributed by atoms with Crippen LogP contribution in [0.2, 0.25) is 0 Å². The van der Waals surface area contributed by atoms with Gasteiger partial charge in [0.15, 0.2) is 0 Å². The fourth-order valence-electron chi connectivity index (χ4n) is 2.26. The highest BCUT2D eigenvalue weighted by Crippen LogP contribution is 2.18. The molecule has 0 aliphatic carbocycles. The van der Waals surface area contributed by atoms with E-state index in [0.29, 0.717) is 23.3 Å². The first-order valence-corrected chi connectivity index (χ1v) is 7.86. The molecule has 0 saturated carbocycles. The van der Waals surface area contributed by atoms with Crippen molar-refractivity contribution >= 4 is 10.9 Å². The van der Waals surface area contributed by atoms with Gasteiger partial charge in [0.05, 0.1) is 24.6 Å². The summed E-state index contributed by atoms with van der Waals surface area (Å²) in [7, 11) is 1.55. The summed E-state index contributed by atoms with van der Waals surface area (Å²) >= 11 is 0. The summed E-state index contributed by atoms with van der Waals surface area (Å²) in [5.41, 5.74) is 0.0943. The second-order valence-corrected chi connectivity index (χ2v) is 5.27. The minimum Gasteiger partial charge on any atom is -0.497 e. The maximum absolute atomic E-state index is 11.9. The Morgan fingerprint density at radius 1 is 1.14 bits per heavy atom. The van der Waals surface area contributed by atoms with E-state index in [0.717, 1.165) is 12.8 Å². The SMILES string of the molecule is CCCCCCCCOc1nc2ccc(OC)cc2c(=O)o1. The van der Waals surface area contributed by atoms with E-state index in [9.17, 15) is 4.79 Å². The fraction of sp³-hybridized carbons (Fsp3) is 0.529. The van der Waals surface area contributed by atoms with Crippen molar-refractivity contribution in [2.45, 2.75) is 45.4 Å². The number of methoxy groups -OCH3 is 1. The number of rotatable bonds is 9. The molecule has 120 valence electrons. The Hall–Kier alpha value is -2.04. The predicted molar refractivity (Wildman–Crippen MR) is 85.7 cm³/mol. The zero-order valence-electron chi connectivity index (χ0n) is 13.3. The van der Waals surface area contributed by atoms with E-state index in [1.54, 1.807) is 25.3 Å². The Balaban J connectivity index is 1.91. The van der Waals surface area contributed by atoms with Gasteiger partial charge in [0.25, 0.3) is 0 Å². The van der Waals surface area contributed by atoms with Gasteiger partial charge in [-0.25, -0.2) is 4.79 Å². The molecule has 0 spiro atoms. The fourth-order valence-corrected chi connectivity index (χ4v) is 2.26. The van der Waals surface area contributed by atoms with Gasteiger partial charge in [0, 0.05) is 0 Å². The van der Waals surface area contributed by atoms with Crippen LogP contribution in [0.5, 0.6) is 11.8 Å². The maximum Gasteiger partial charge on any atom is 0.397 e. The number of aromatic nitrogens is 1. The molecule has 2 aromatic rings. The highest BCUT2D eigenvalue weighted by atomic mass is 16.6. The second-order valence-electron chi connectivity index (χ2n) is 5.27. The minimum absolute atomic E-state index is 0.0382. The van der Waals surface area contributed by atoms with Crippen LogP contribution in [0.3, 0.4) is 0 Å². The van der Waals surface area contributed by atoms with Crippen LogP contribution in [-0.2, 0) is 0 Å². The van der Waals surface area contributed by atoms with Crippen LogP contribution in [0, 0.1) is 0 Å². The first-order valence-electron chi connectivity index (χ1n) is 7.86. The molecule has 0 aliphatic rings. The van der Waals surface area contributed by atoms with Gasteiger partial charge in [-0.05, 0) is 24.6 Å². The quantitative estimate of drug-likeness (QED) is 0.657. The summed E-state index contributed by atoms with van der Waals surface area (Å²) in [6.07, 6.45) is 7.11. The van der Waals surface area contributed by atoms with Crippen molar-refractivity contribution in [3.63, 3.8) is 0 Å². The topological polar surface area (TPSA) is 61.6 Å². The first kappa shape index (κ1) is 16.3. The zero-order valence-corrected chi connectivity index (χ0v) is 13.3. The monoisotopic (exact) mass is 305 g/mol. The average Bonchev–Trinajstić information content (AvgIpc) is 2.54. The van der Waals surface area contributed by atoms with Crippen LogP contribution in [0.15, 0.2) is 27.4 Å². The first-order chi connectivity index (χ1) is 10.7. The number of fused-ring (bicyclic) bond motifs is 1. The average molecular weight is 305 g/mol. The smallest absolute Gasteiger partial charge is 0.397 e. The van der Waals surface area contributed by atoms with E-state index < -0.39 is 5.63 Å². The molecule has 2 rings (SSSR count). The third kappa shape index (κ3) is 4.48. The lowest BCUT2D eigenvalue weighted by Crippen LogP contribution is -2.06. The molecule has 0 unspecified atom stereocenters. The van der Waals surface area contributed by atoms with E-state index in [-0.39, 0.29) is 6.08 Å². The summed E-state index contributed by atoms with van der Waals surface area (Å²) in [5, 5.41) is 0.395. The lowest BCUT2D eigenvalue weighted by Gasteiger charge is -2.05. The van der Waals surface area contributed by atoms with Crippen LogP contribution in [0.1, 0.15) is 45.4 Å². The Morgan fingerprint density at radius 2 is 1.91 bits per heavy atom. The molecule has 0 saturated heterocycles. The number of hydrogen-bond donors (Lipinski definition) is 0. The van der Waals surface area contributed by atoms with E-state index in [4.69, 9.17) is 13.9 Å². The highest BCUT2D eigenvalue weighted by Gasteiger charge is 2.08. The van der Waals surface area contributed by atoms with Gasteiger partial charge in [0.2, 0.25) is 0 Å². The third-order valence-corrected chi connectivity index (χ3v) is 3.54. The lowest BCUT2D eigenvalue weighted by atomic mass is 10.1. The standard InChI is InChI=1S/C17H23NO4/c1-3-4-5-6-7-8-11-21-17-18-15-10-9-13(20-2)12-14(15)16(19)22-17/h9-10,12H,3-8,11H2,1-2H3. The second kappa shape index (κ2) is 8.41. The van der Waals surface area contributed by atoms with E-state index >= 15 is 0 Å². The molecule has 0 bridgehead atoms. The molecule has 1 aromatic heterocycles. The van der Waals surface area contributed by atoms with Gasteiger partial charge in [-0.15, -0.1) is 0 Å². The molecule has 0 aliphatic heterocycles. The Labute approximate surface area is 130 Å². The molecule has 5 heteroatoms. The molecule has 0 N–H and O–H groups in total. The lowest BCUT2D eigenvalue weighted by molar-refractivity contribution is 0.211. The van der Waals surface area contributed by atoms with Crippen molar-refractivity contribution in [2.75, 3.05) is 13.7 Å². The van der Waals surface area contributed by atoms with Gasteiger partial charge >= 0.3 is 11.7 Å². The number of benzene rings is 1.